The van der Waals surface area contributed by atoms with Crippen LogP contribution in [0.5, 0.6) is 0 Å². The molecule has 1 aromatic rings. The van der Waals surface area contributed by atoms with E-state index in [1.807, 2.05) is 0 Å². The largest absolute Gasteiger partial charge is 0.328 e. The maximum atomic E-state index is 12.9. The van der Waals surface area contributed by atoms with Crippen molar-refractivity contribution in [3.63, 3.8) is 0 Å². The quantitative estimate of drug-likeness (QED) is 0.379. The molecule has 0 radical (unpaired) electrons. The highest BCUT2D eigenvalue weighted by molar-refractivity contribution is 7.39. The Morgan fingerprint density at radius 1 is 0.812 bits per heavy atom. The number of benzene rings is 1. The minimum atomic E-state index is -2.95. The smallest absolute Gasteiger partial charge is 0.327 e. The van der Waals surface area contributed by atoms with E-state index < -0.39 is 49.9 Å². The summed E-state index contributed by atoms with van der Waals surface area (Å²) in [6, 6.07) is 0. The van der Waals surface area contributed by atoms with Gasteiger partial charge in [-0.15, -0.1) is 0 Å². The van der Waals surface area contributed by atoms with Gasteiger partial charge in [0.25, 0.3) is 0 Å². The fourth-order valence-corrected chi connectivity index (χ4v) is 1.14. The van der Waals surface area contributed by atoms with Gasteiger partial charge in [-0.25, -0.2) is 22.0 Å². The molecule has 0 unspecified atom stereocenters. The summed E-state index contributed by atoms with van der Waals surface area (Å²) in [4.78, 5) is 16.6. The molecule has 9 heteroatoms. The molecule has 0 aromatic heterocycles. The highest BCUT2D eigenvalue weighted by atomic mass is 31.2. The van der Waals surface area contributed by atoms with Crippen LogP contribution in [0, 0.1) is 29.1 Å². The van der Waals surface area contributed by atoms with E-state index in [1.165, 1.54) is 0 Å². The van der Waals surface area contributed by atoms with Crippen molar-refractivity contribution in [2.45, 2.75) is 6.61 Å². The zero-order chi connectivity index (χ0) is 12.5. The lowest BCUT2D eigenvalue weighted by atomic mass is 10.2. The summed E-state index contributed by atoms with van der Waals surface area (Å²) in [7, 11) is -2.95. The van der Waals surface area contributed by atoms with E-state index in [0.29, 0.717) is 0 Å². The first-order valence-corrected chi connectivity index (χ1v) is 4.83. The molecule has 0 fully saturated rings. The molecule has 0 amide bonds. The van der Waals surface area contributed by atoms with Crippen LogP contribution in [-0.4, -0.2) is 9.79 Å². The lowest BCUT2D eigenvalue weighted by Crippen LogP contribution is -2.07. The van der Waals surface area contributed by atoms with Crippen LogP contribution in [0.3, 0.4) is 0 Å². The first kappa shape index (κ1) is 13.2. The molecule has 2 N–H and O–H groups in total. The van der Waals surface area contributed by atoms with Gasteiger partial charge in [-0.1, -0.05) is 0 Å². The van der Waals surface area contributed by atoms with Gasteiger partial charge in [0.05, 0.1) is 12.2 Å². The van der Waals surface area contributed by atoms with E-state index in [2.05, 4.69) is 4.52 Å². The predicted molar refractivity (Wildman–Crippen MR) is 42.4 cm³/mol. The Morgan fingerprint density at radius 3 is 1.56 bits per heavy atom. The molecule has 1 aromatic carbocycles. The molecule has 0 atom stereocenters. The van der Waals surface area contributed by atoms with E-state index in [4.69, 9.17) is 9.79 Å². The Hall–Kier alpha value is -0.820. The highest BCUT2D eigenvalue weighted by Crippen LogP contribution is 2.30. The first-order valence-electron chi connectivity index (χ1n) is 3.67. The number of halogens is 5. The van der Waals surface area contributed by atoms with Gasteiger partial charge in [-0.3, -0.25) is 0 Å². The Labute approximate surface area is 87.1 Å². The third kappa shape index (κ3) is 2.46. The second-order valence-electron chi connectivity index (χ2n) is 2.57. The maximum Gasteiger partial charge on any atom is 0.327 e. The van der Waals surface area contributed by atoms with E-state index in [1.54, 1.807) is 0 Å². The molecule has 0 aliphatic carbocycles. The van der Waals surface area contributed by atoms with Gasteiger partial charge in [0, 0.05) is 0 Å². The Bertz CT molecular complexity index is 382. The first-order chi connectivity index (χ1) is 7.36. The van der Waals surface area contributed by atoms with Crippen LogP contribution in [0.25, 0.3) is 0 Å². The van der Waals surface area contributed by atoms with Crippen LogP contribution in [0.4, 0.5) is 22.0 Å². The average molecular weight is 262 g/mol. The molecule has 0 saturated heterocycles. The van der Waals surface area contributed by atoms with Gasteiger partial charge in [-0.05, 0) is 0 Å². The van der Waals surface area contributed by atoms with Gasteiger partial charge >= 0.3 is 8.60 Å². The lowest BCUT2D eigenvalue weighted by molar-refractivity contribution is 0.233. The second kappa shape index (κ2) is 5.01. The summed E-state index contributed by atoms with van der Waals surface area (Å²) in [5, 5.41) is 0. The van der Waals surface area contributed by atoms with Gasteiger partial charge < -0.3 is 14.3 Å². The van der Waals surface area contributed by atoms with Crippen molar-refractivity contribution in [3.8, 4) is 0 Å². The normalized spacial score (nSPS) is 11.2. The van der Waals surface area contributed by atoms with Gasteiger partial charge in [0.15, 0.2) is 23.3 Å². The maximum absolute atomic E-state index is 12.9. The summed E-state index contributed by atoms with van der Waals surface area (Å²) in [6.07, 6.45) is 0. The molecule has 0 heterocycles. The van der Waals surface area contributed by atoms with Crippen molar-refractivity contribution in [1.82, 2.24) is 0 Å². The lowest BCUT2D eigenvalue weighted by Gasteiger charge is -2.08. The molecule has 1 rings (SSSR count). The van der Waals surface area contributed by atoms with Crippen molar-refractivity contribution in [2.75, 3.05) is 0 Å². The minimum absolute atomic E-state index is 1.13. The zero-order valence-electron chi connectivity index (χ0n) is 7.35. The van der Waals surface area contributed by atoms with Crippen molar-refractivity contribution < 1.29 is 36.3 Å². The van der Waals surface area contributed by atoms with Crippen LogP contribution in [0.2, 0.25) is 0 Å². The second-order valence-corrected chi connectivity index (χ2v) is 3.34. The third-order valence-electron chi connectivity index (χ3n) is 1.63. The van der Waals surface area contributed by atoms with Crippen molar-refractivity contribution in [1.29, 1.82) is 0 Å². The fraction of sp³-hybridized carbons (Fsp3) is 0.143. The van der Waals surface area contributed by atoms with Gasteiger partial charge in [0.2, 0.25) is 5.82 Å². The number of hydrogen-bond donors (Lipinski definition) is 2. The van der Waals surface area contributed by atoms with Gasteiger partial charge in [-0.2, -0.15) is 0 Å². The van der Waals surface area contributed by atoms with E-state index in [9.17, 15) is 22.0 Å². The summed E-state index contributed by atoms with van der Waals surface area (Å²) in [5.41, 5.74) is -1.26. The molecule has 0 aliphatic heterocycles. The molecular weight excluding hydrogens is 258 g/mol. The average Bonchev–Trinajstić information content (AvgIpc) is 2.23. The van der Waals surface area contributed by atoms with Gasteiger partial charge in [0.1, 0.15) is 0 Å². The summed E-state index contributed by atoms with van der Waals surface area (Å²) in [5.74, 6) is -10.6. The van der Waals surface area contributed by atoms with E-state index in [-0.39, 0.29) is 0 Å². The van der Waals surface area contributed by atoms with Crippen LogP contribution in [0.1, 0.15) is 5.56 Å². The molecule has 0 aliphatic rings. The Morgan fingerprint density at radius 2 is 1.19 bits per heavy atom. The van der Waals surface area contributed by atoms with Crippen molar-refractivity contribution >= 4 is 8.60 Å². The summed E-state index contributed by atoms with van der Waals surface area (Å²) in [6.45, 7) is -1.13. The SMILES string of the molecule is OP(O)OCc1c(F)c(F)c(F)c(F)c1F. The van der Waals surface area contributed by atoms with E-state index >= 15 is 0 Å². The van der Waals surface area contributed by atoms with E-state index in [0.717, 1.165) is 0 Å². The summed E-state index contributed by atoms with van der Waals surface area (Å²) < 4.78 is 67.5. The molecule has 0 saturated carbocycles. The third-order valence-corrected chi connectivity index (χ3v) is 1.99. The molecule has 0 bridgehead atoms. The van der Waals surface area contributed by atoms with Crippen molar-refractivity contribution in [3.05, 3.63) is 34.6 Å². The minimum Gasteiger partial charge on any atom is -0.328 e. The Kier molecular flexibility index (Phi) is 4.15. The predicted octanol–water partition coefficient (Wildman–Crippen LogP) is 2.11. The monoisotopic (exact) mass is 262 g/mol. The Balaban J connectivity index is 3.18. The van der Waals surface area contributed by atoms with Crippen LogP contribution in [-0.2, 0) is 11.1 Å². The molecule has 3 nitrogen and oxygen atoms in total. The van der Waals surface area contributed by atoms with Crippen molar-refractivity contribution in [2.24, 2.45) is 0 Å². The number of hydrogen-bond acceptors (Lipinski definition) is 3. The number of rotatable bonds is 3. The van der Waals surface area contributed by atoms with Crippen LogP contribution in [0.15, 0.2) is 0 Å². The molecule has 16 heavy (non-hydrogen) atoms. The summed E-state index contributed by atoms with van der Waals surface area (Å²) >= 11 is 0. The van der Waals surface area contributed by atoms with Crippen LogP contribution < -0.4 is 0 Å². The molecular formula is C7H4F5O3P. The molecule has 0 spiro atoms. The van der Waals surface area contributed by atoms with Crippen LogP contribution >= 0.6 is 8.60 Å². The standard InChI is InChI=1S/C7H4F5O3P/c8-3-2(1-15-16(13)14)4(9)6(11)7(12)5(3)10/h13-14H,1H2. The zero-order valence-corrected chi connectivity index (χ0v) is 8.24. The highest BCUT2D eigenvalue weighted by Gasteiger charge is 2.26. The fourth-order valence-electron chi connectivity index (χ4n) is 0.899. The topological polar surface area (TPSA) is 49.7 Å². The molecule has 90 valence electrons.